The highest BCUT2D eigenvalue weighted by atomic mass is 32.1. The van der Waals surface area contributed by atoms with E-state index in [4.69, 9.17) is 0 Å². The SMILES string of the molecule is CC1CCc2c(C(=O)N3CC4CCC(O)C4C3)csc2C1. The zero-order chi connectivity index (χ0) is 14.6. The minimum Gasteiger partial charge on any atom is -0.393 e. The summed E-state index contributed by atoms with van der Waals surface area (Å²) < 4.78 is 0. The van der Waals surface area contributed by atoms with Gasteiger partial charge < -0.3 is 10.0 Å². The highest BCUT2D eigenvalue weighted by molar-refractivity contribution is 7.10. The lowest BCUT2D eigenvalue weighted by molar-refractivity contribution is 0.0751. The molecule has 2 heterocycles. The molecular weight excluding hydrogens is 282 g/mol. The monoisotopic (exact) mass is 305 g/mol. The van der Waals surface area contributed by atoms with Gasteiger partial charge in [0.1, 0.15) is 0 Å². The zero-order valence-electron chi connectivity index (χ0n) is 12.5. The van der Waals surface area contributed by atoms with E-state index < -0.39 is 0 Å². The Bertz CT molecular complexity index is 567. The molecule has 3 aliphatic rings. The summed E-state index contributed by atoms with van der Waals surface area (Å²) in [5.41, 5.74) is 2.28. The molecule has 4 rings (SSSR count). The molecule has 1 N–H and O–H groups in total. The zero-order valence-corrected chi connectivity index (χ0v) is 13.4. The predicted octanol–water partition coefficient (Wildman–Crippen LogP) is 2.72. The average Bonchev–Trinajstić information content (AvgIpc) is 3.14. The second-order valence-corrected chi connectivity index (χ2v) is 8.14. The van der Waals surface area contributed by atoms with Gasteiger partial charge in [0.25, 0.3) is 5.91 Å². The highest BCUT2D eigenvalue weighted by Gasteiger charge is 2.43. The van der Waals surface area contributed by atoms with E-state index in [-0.39, 0.29) is 12.0 Å². The van der Waals surface area contributed by atoms with Gasteiger partial charge >= 0.3 is 0 Å². The molecule has 0 bridgehead atoms. The molecule has 1 saturated carbocycles. The number of carbonyl (C=O) groups is 1. The van der Waals surface area contributed by atoms with Crippen molar-refractivity contribution >= 4 is 17.2 Å². The summed E-state index contributed by atoms with van der Waals surface area (Å²) in [5.74, 6) is 1.81. The first kappa shape index (κ1) is 13.8. The van der Waals surface area contributed by atoms with Crippen LogP contribution >= 0.6 is 11.3 Å². The van der Waals surface area contributed by atoms with Gasteiger partial charge in [0, 0.05) is 29.3 Å². The Morgan fingerprint density at radius 2 is 2.19 bits per heavy atom. The number of rotatable bonds is 1. The largest absolute Gasteiger partial charge is 0.393 e. The van der Waals surface area contributed by atoms with Crippen LogP contribution in [0.4, 0.5) is 0 Å². The summed E-state index contributed by atoms with van der Waals surface area (Å²) >= 11 is 1.77. The van der Waals surface area contributed by atoms with E-state index in [0.29, 0.717) is 11.8 Å². The smallest absolute Gasteiger partial charge is 0.255 e. The van der Waals surface area contributed by atoms with E-state index in [9.17, 15) is 9.90 Å². The van der Waals surface area contributed by atoms with Crippen molar-refractivity contribution in [2.45, 2.75) is 45.1 Å². The Kier molecular flexibility index (Phi) is 3.34. The van der Waals surface area contributed by atoms with Gasteiger partial charge in [-0.15, -0.1) is 11.3 Å². The first-order chi connectivity index (χ1) is 10.1. The lowest BCUT2D eigenvalue weighted by Gasteiger charge is -2.22. The number of fused-ring (bicyclic) bond motifs is 2. The fourth-order valence-electron chi connectivity index (χ4n) is 4.43. The van der Waals surface area contributed by atoms with Crippen LogP contribution in [0.2, 0.25) is 0 Å². The molecule has 1 amide bonds. The fourth-order valence-corrected chi connectivity index (χ4v) is 5.67. The predicted molar refractivity (Wildman–Crippen MR) is 83.6 cm³/mol. The van der Waals surface area contributed by atoms with Gasteiger partial charge in [0.05, 0.1) is 11.7 Å². The summed E-state index contributed by atoms with van der Waals surface area (Å²) in [6, 6.07) is 0. The number of hydrogen-bond acceptors (Lipinski definition) is 3. The molecule has 21 heavy (non-hydrogen) atoms. The molecule has 0 aromatic carbocycles. The Balaban J connectivity index is 1.54. The molecule has 1 aromatic heterocycles. The molecule has 0 spiro atoms. The normalized spacial score (nSPS) is 34.9. The number of likely N-dealkylation sites (tertiary alicyclic amines) is 1. The van der Waals surface area contributed by atoms with Crippen molar-refractivity contribution < 1.29 is 9.90 Å². The summed E-state index contributed by atoms with van der Waals surface area (Å²) in [6.07, 6.45) is 5.21. The third-order valence-corrected chi connectivity index (χ3v) is 6.79. The maximum absolute atomic E-state index is 12.9. The van der Waals surface area contributed by atoms with Crippen molar-refractivity contribution in [3.05, 3.63) is 21.4 Å². The van der Waals surface area contributed by atoms with Crippen molar-refractivity contribution in [3.63, 3.8) is 0 Å². The van der Waals surface area contributed by atoms with Crippen LogP contribution < -0.4 is 0 Å². The lowest BCUT2D eigenvalue weighted by atomic mass is 9.88. The summed E-state index contributed by atoms with van der Waals surface area (Å²) in [6.45, 7) is 3.90. The van der Waals surface area contributed by atoms with Crippen LogP contribution in [-0.4, -0.2) is 35.1 Å². The number of hydrogen-bond donors (Lipinski definition) is 1. The van der Waals surface area contributed by atoms with Gasteiger partial charge in [-0.2, -0.15) is 0 Å². The van der Waals surface area contributed by atoms with Gasteiger partial charge in [-0.1, -0.05) is 6.92 Å². The third-order valence-electron chi connectivity index (χ3n) is 5.74. The topological polar surface area (TPSA) is 40.5 Å². The van der Waals surface area contributed by atoms with Crippen molar-refractivity contribution in [1.82, 2.24) is 4.90 Å². The van der Waals surface area contributed by atoms with Crippen LogP contribution in [0, 0.1) is 17.8 Å². The van der Waals surface area contributed by atoms with Gasteiger partial charge in [0.15, 0.2) is 0 Å². The van der Waals surface area contributed by atoms with Crippen molar-refractivity contribution in [2.24, 2.45) is 17.8 Å². The van der Waals surface area contributed by atoms with Crippen LogP contribution in [0.15, 0.2) is 5.38 Å². The Labute approximate surface area is 130 Å². The highest BCUT2D eigenvalue weighted by Crippen LogP contribution is 2.40. The van der Waals surface area contributed by atoms with Crippen molar-refractivity contribution in [3.8, 4) is 0 Å². The maximum Gasteiger partial charge on any atom is 0.255 e. The van der Waals surface area contributed by atoms with E-state index in [1.165, 1.54) is 16.9 Å². The van der Waals surface area contributed by atoms with Crippen molar-refractivity contribution in [2.75, 3.05) is 13.1 Å². The fraction of sp³-hybridized carbons (Fsp3) is 0.706. The average molecular weight is 305 g/mol. The van der Waals surface area contributed by atoms with Crippen LogP contribution in [0.1, 0.15) is 47.0 Å². The molecule has 1 aliphatic heterocycles. The number of aliphatic hydroxyl groups is 1. The van der Waals surface area contributed by atoms with Gasteiger partial charge in [-0.05, 0) is 49.5 Å². The van der Waals surface area contributed by atoms with Crippen molar-refractivity contribution in [1.29, 1.82) is 0 Å². The molecule has 0 radical (unpaired) electrons. The minimum atomic E-state index is -0.190. The number of aliphatic hydroxyl groups excluding tert-OH is 1. The number of carbonyl (C=O) groups excluding carboxylic acids is 1. The van der Waals surface area contributed by atoms with Gasteiger partial charge in [-0.3, -0.25) is 4.79 Å². The second-order valence-electron chi connectivity index (χ2n) is 7.18. The Morgan fingerprint density at radius 1 is 1.33 bits per heavy atom. The van der Waals surface area contributed by atoms with E-state index in [1.807, 2.05) is 4.90 Å². The third kappa shape index (κ3) is 2.23. The van der Waals surface area contributed by atoms with Gasteiger partial charge in [-0.25, -0.2) is 0 Å². The molecule has 2 fully saturated rings. The summed E-state index contributed by atoms with van der Waals surface area (Å²) in [5, 5.41) is 12.1. The van der Waals surface area contributed by atoms with E-state index in [2.05, 4.69) is 12.3 Å². The maximum atomic E-state index is 12.9. The lowest BCUT2D eigenvalue weighted by Crippen LogP contribution is -2.31. The minimum absolute atomic E-state index is 0.190. The summed E-state index contributed by atoms with van der Waals surface area (Å²) in [4.78, 5) is 16.3. The second kappa shape index (κ2) is 5.10. The van der Waals surface area contributed by atoms with Gasteiger partial charge in [0.2, 0.25) is 0 Å². The molecule has 4 atom stereocenters. The van der Waals surface area contributed by atoms with E-state index in [0.717, 1.165) is 50.3 Å². The molecular formula is C17H23NO2S. The molecule has 2 aliphatic carbocycles. The Hall–Kier alpha value is -0.870. The first-order valence-corrected chi connectivity index (χ1v) is 9.08. The standard InChI is InChI=1S/C17H23NO2S/c1-10-2-4-12-14(9-21-16(12)6-10)17(20)18-7-11-3-5-15(19)13(11)8-18/h9-11,13,15,19H,2-8H2,1H3. The quantitative estimate of drug-likeness (QED) is 0.866. The number of nitrogens with zero attached hydrogens (tertiary/aromatic N) is 1. The van der Waals surface area contributed by atoms with Crippen LogP contribution in [0.3, 0.4) is 0 Å². The van der Waals surface area contributed by atoms with E-state index >= 15 is 0 Å². The van der Waals surface area contributed by atoms with Crippen LogP contribution in [0.5, 0.6) is 0 Å². The number of thiophene rings is 1. The Morgan fingerprint density at radius 3 is 3.00 bits per heavy atom. The molecule has 1 saturated heterocycles. The molecule has 4 heteroatoms. The first-order valence-electron chi connectivity index (χ1n) is 8.20. The van der Waals surface area contributed by atoms with E-state index in [1.54, 1.807) is 11.3 Å². The summed E-state index contributed by atoms with van der Waals surface area (Å²) in [7, 11) is 0. The molecule has 1 aromatic rings. The molecule has 114 valence electrons. The molecule has 4 unspecified atom stereocenters. The molecule has 3 nitrogen and oxygen atoms in total. The number of amides is 1. The van der Waals surface area contributed by atoms with Crippen LogP contribution in [-0.2, 0) is 12.8 Å². The van der Waals surface area contributed by atoms with Crippen LogP contribution in [0.25, 0.3) is 0 Å².